The lowest BCUT2D eigenvalue weighted by Crippen LogP contribution is -2.45. The fourth-order valence-corrected chi connectivity index (χ4v) is 3.03. The molecule has 1 saturated heterocycles. The number of piperidine rings is 1. The van der Waals surface area contributed by atoms with E-state index in [-0.39, 0.29) is 24.0 Å². The van der Waals surface area contributed by atoms with Gasteiger partial charge in [0.05, 0.1) is 7.11 Å². The number of guanidine groups is 1. The number of ether oxygens (including phenoxy) is 1. The van der Waals surface area contributed by atoms with E-state index in [0.717, 1.165) is 48.6 Å². The van der Waals surface area contributed by atoms with E-state index in [0.29, 0.717) is 12.4 Å². The number of H-pyrrole nitrogens is 1. The Morgan fingerprint density at radius 1 is 1.30 bits per heavy atom. The second-order valence-corrected chi connectivity index (χ2v) is 6.67. The van der Waals surface area contributed by atoms with Gasteiger partial charge in [0.25, 0.3) is 0 Å². The van der Waals surface area contributed by atoms with Crippen molar-refractivity contribution < 1.29 is 4.74 Å². The van der Waals surface area contributed by atoms with E-state index in [2.05, 4.69) is 39.2 Å². The molecule has 0 unspecified atom stereocenters. The maximum absolute atomic E-state index is 5.18. The first-order valence-electron chi connectivity index (χ1n) is 9.28. The molecule has 0 bridgehead atoms. The number of rotatable bonds is 5. The van der Waals surface area contributed by atoms with Crippen molar-refractivity contribution in [3.8, 4) is 17.1 Å². The van der Waals surface area contributed by atoms with Crippen LogP contribution in [0.4, 0.5) is 0 Å². The molecule has 8 heteroatoms. The summed E-state index contributed by atoms with van der Waals surface area (Å²) in [6, 6.07) is 7.72. The number of aliphatic imine (C=N–C) groups is 1. The van der Waals surface area contributed by atoms with Gasteiger partial charge in [0.2, 0.25) is 0 Å². The zero-order valence-electron chi connectivity index (χ0n) is 16.2. The number of benzene rings is 1. The van der Waals surface area contributed by atoms with Gasteiger partial charge in [-0.05, 0) is 49.9 Å². The fourth-order valence-electron chi connectivity index (χ4n) is 3.03. The Kier molecular flexibility index (Phi) is 8.33. The quantitative estimate of drug-likeness (QED) is 0.387. The second-order valence-electron chi connectivity index (χ2n) is 6.67. The number of methoxy groups -OCH3 is 1. The van der Waals surface area contributed by atoms with Crippen LogP contribution in [0.15, 0.2) is 29.3 Å². The fraction of sp³-hybridized carbons (Fsp3) is 0.526. The number of nitrogens with one attached hydrogen (secondary N) is 2. The van der Waals surface area contributed by atoms with Gasteiger partial charge in [-0.1, -0.05) is 6.92 Å². The minimum atomic E-state index is 0. The second kappa shape index (κ2) is 10.5. The van der Waals surface area contributed by atoms with Crippen molar-refractivity contribution in [2.45, 2.75) is 33.2 Å². The van der Waals surface area contributed by atoms with Crippen LogP contribution in [0.1, 0.15) is 32.5 Å². The number of hydrogen-bond acceptors (Lipinski definition) is 4. The van der Waals surface area contributed by atoms with Crippen molar-refractivity contribution in [1.82, 2.24) is 25.4 Å². The van der Waals surface area contributed by atoms with Gasteiger partial charge in [-0.2, -0.15) is 5.10 Å². The van der Waals surface area contributed by atoms with Crippen LogP contribution in [-0.4, -0.2) is 52.8 Å². The molecule has 0 saturated carbocycles. The Balaban J connectivity index is 0.00000261. The third-order valence-corrected chi connectivity index (χ3v) is 4.68. The number of aromatic nitrogens is 3. The monoisotopic (exact) mass is 484 g/mol. The van der Waals surface area contributed by atoms with Gasteiger partial charge in [-0.25, -0.2) is 9.98 Å². The minimum Gasteiger partial charge on any atom is -0.497 e. The van der Waals surface area contributed by atoms with Gasteiger partial charge in [-0.15, -0.1) is 24.0 Å². The van der Waals surface area contributed by atoms with Crippen molar-refractivity contribution in [2.24, 2.45) is 10.9 Å². The van der Waals surface area contributed by atoms with E-state index in [9.17, 15) is 0 Å². The molecule has 1 aromatic heterocycles. The normalized spacial score (nSPS) is 15.4. The lowest BCUT2D eigenvalue weighted by molar-refractivity contribution is 0.273. The lowest BCUT2D eigenvalue weighted by atomic mass is 10.00. The SMILES string of the molecule is CCNC(=NCc1nc(-c2ccc(OC)cc2)n[nH]1)N1CCC(C)CC1.I. The van der Waals surface area contributed by atoms with Gasteiger partial charge in [0.1, 0.15) is 18.1 Å². The predicted octanol–water partition coefficient (Wildman–Crippen LogP) is 3.30. The molecule has 0 amide bonds. The third kappa shape index (κ3) is 5.82. The molecule has 0 spiro atoms. The Morgan fingerprint density at radius 2 is 2.00 bits per heavy atom. The summed E-state index contributed by atoms with van der Waals surface area (Å²) >= 11 is 0. The summed E-state index contributed by atoms with van der Waals surface area (Å²) in [5, 5.41) is 10.7. The first-order chi connectivity index (χ1) is 12.7. The van der Waals surface area contributed by atoms with Gasteiger partial charge in [-0.3, -0.25) is 5.10 Å². The van der Waals surface area contributed by atoms with Crippen molar-refractivity contribution >= 4 is 29.9 Å². The van der Waals surface area contributed by atoms with Crippen molar-refractivity contribution in [1.29, 1.82) is 0 Å². The number of likely N-dealkylation sites (tertiary alicyclic amines) is 1. The molecule has 0 atom stereocenters. The van der Waals surface area contributed by atoms with Crippen LogP contribution in [0.25, 0.3) is 11.4 Å². The number of halogens is 1. The molecule has 1 fully saturated rings. The number of hydrogen-bond donors (Lipinski definition) is 2. The summed E-state index contributed by atoms with van der Waals surface area (Å²) < 4.78 is 5.18. The predicted molar refractivity (Wildman–Crippen MR) is 119 cm³/mol. The van der Waals surface area contributed by atoms with Crippen molar-refractivity contribution in [2.75, 3.05) is 26.7 Å². The molecule has 7 nitrogen and oxygen atoms in total. The van der Waals surface area contributed by atoms with Crippen molar-refractivity contribution in [3.05, 3.63) is 30.1 Å². The standard InChI is InChI=1S/C19H28N6O.HI/c1-4-20-19(25-11-9-14(2)10-12-25)21-13-17-22-18(24-23-17)15-5-7-16(26-3)8-6-15;/h5-8,14H,4,9-13H2,1-3H3,(H,20,21)(H,22,23,24);1H. The Hall–Kier alpha value is -1.84. The summed E-state index contributed by atoms with van der Waals surface area (Å²) in [7, 11) is 1.66. The molecule has 1 aliphatic rings. The van der Waals surface area contributed by atoms with Gasteiger partial charge < -0.3 is 15.0 Å². The molecule has 0 aliphatic carbocycles. The van der Waals surface area contributed by atoms with Crippen LogP contribution in [0.2, 0.25) is 0 Å². The Bertz CT molecular complexity index is 722. The lowest BCUT2D eigenvalue weighted by Gasteiger charge is -2.32. The third-order valence-electron chi connectivity index (χ3n) is 4.68. The van der Waals surface area contributed by atoms with Crippen LogP contribution in [-0.2, 0) is 6.54 Å². The van der Waals surface area contributed by atoms with Crippen LogP contribution >= 0.6 is 24.0 Å². The highest BCUT2D eigenvalue weighted by atomic mass is 127. The maximum atomic E-state index is 5.18. The molecule has 2 N–H and O–H groups in total. The molecule has 0 radical (unpaired) electrons. The molecule has 2 heterocycles. The topological polar surface area (TPSA) is 78.4 Å². The van der Waals surface area contributed by atoms with Crippen LogP contribution in [0.5, 0.6) is 5.75 Å². The van der Waals surface area contributed by atoms with Gasteiger partial charge in [0.15, 0.2) is 11.8 Å². The van der Waals surface area contributed by atoms with E-state index in [1.165, 1.54) is 12.8 Å². The Morgan fingerprint density at radius 3 is 2.63 bits per heavy atom. The first-order valence-corrected chi connectivity index (χ1v) is 9.28. The maximum Gasteiger partial charge on any atom is 0.194 e. The highest BCUT2D eigenvalue weighted by Gasteiger charge is 2.18. The summed E-state index contributed by atoms with van der Waals surface area (Å²) in [6.07, 6.45) is 2.43. The zero-order chi connectivity index (χ0) is 18.4. The molecule has 3 rings (SSSR count). The average Bonchev–Trinajstić information content (AvgIpc) is 3.15. The van der Waals surface area contributed by atoms with E-state index in [4.69, 9.17) is 9.73 Å². The molecule has 27 heavy (non-hydrogen) atoms. The first kappa shape index (κ1) is 21.5. The highest BCUT2D eigenvalue weighted by molar-refractivity contribution is 14.0. The minimum absolute atomic E-state index is 0. The van der Waals surface area contributed by atoms with E-state index >= 15 is 0 Å². The summed E-state index contributed by atoms with van der Waals surface area (Å²) in [5.41, 5.74) is 0.953. The molecule has 1 aliphatic heterocycles. The van der Waals surface area contributed by atoms with Crippen LogP contribution in [0, 0.1) is 5.92 Å². The summed E-state index contributed by atoms with van der Waals surface area (Å²) in [5.74, 6) is 4.02. The summed E-state index contributed by atoms with van der Waals surface area (Å²) in [4.78, 5) is 11.6. The van der Waals surface area contributed by atoms with E-state index in [1.54, 1.807) is 7.11 Å². The molecule has 2 aromatic rings. The largest absolute Gasteiger partial charge is 0.497 e. The highest BCUT2D eigenvalue weighted by Crippen LogP contribution is 2.19. The average molecular weight is 484 g/mol. The number of nitrogens with zero attached hydrogens (tertiary/aromatic N) is 4. The smallest absolute Gasteiger partial charge is 0.194 e. The van der Waals surface area contributed by atoms with E-state index < -0.39 is 0 Å². The molecular weight excluding hydrogens is 455 g/mol. The zero-order valence-corrected chi connectivity index (χ0v) is 18.6. The molecular formula is C19H29IN6O. The van der Waals surface area contributed by atoms with Gasteiger partial charge >= 0.3 is 0 Å². The van der Waals surface area contributed by atoms with Crippen molar-refractivity contribution in [3.63, 3.8) is 0 Å². The van der Waals surface area contributed by atoms with Gasteiger partial charge in [0, 0.05) is 25.2 Å². The van der Waals surface area contributed by atoms with Crippen LogP contribution < -0.4 is 10.1 Å². The van der Waals surface area contributed by atoms with E-state index in [1.807, 2.05) is 24.3 Å². The Labute approximate surface area is 178 Å². The van der Waals surface area contributed by atoms with Crippen LogP contribution in [0.3, 0.4) is 0 Å². The molecule has 148 valence electrons. The molecule has 1 aromatic carbocycles. The number of aromatic amines is 1. The summed E-state index contributed by atoms with van der Waals surface area (Å²) in [6.45, 7) is 7.87.